The molecule has 0 saturated carbocycles. The highest BCUT2D eigenvalue weighted by molar-refractivity contribution is 7.16. The molecule has 0 radical (unpaired) electrons. The van der Waals surface area contributed by atoms with Crippen molar-refractivity contribution in [3.8, 4) is 11.4 Å². The molecule has 0 aromatic carbocycles. The molecule has 3 aromatic rings. The van der Waals surface area contributed by atoms with Gasteiger partial charge in [0.15, 0.2) is 5.82 Å². The molecule has 0 bridgehead atoms. The van der Waals surface area contributed by atoms with Gasteiger partial charge in [-0.1, -0.05) is 0 Å². The highest BCUT2D eigenvalue weighted by Crippen LogP contribution is 2.27. The number of hydrogen-bond donors (Lipinski definition) is 2. The Bertz CT molecular complexity index is 1160. The minimum Gasteiger partial charge on any atom is -0.365 e. The Morgan fingerprint density at radius 1 is 1.21 bits per heavy atom. The van der Waals surface area contributed by atoms with Crippen molar-refractivity contribution in [1.29, 1.82) is 0 Å². The summed E-state index contributed by atoms with van der Waals surface area (Å²) in [6, 6.07) is 1.24. The van der Waals surface area contributed by atoms with E-state index < -0.39 is 12.3 Å². The topological polar surface area (TPSA) is 105 Å². The van der Waals surface area contributed by atoms with Gasteiger partial charge in [-0.05, 0) is 33.6 Å². The number of rotatable bonds is 5. The van der Waals surface area contributed by atoms with E-state index in [1.54, 1.807) is 21.7 Å². The molecule has 0 unspecified atom stereocenters. The second kappa shape index (κ2) is 9.00. The van der Waals surface area contributed by atoms with Crippen LogP contribution in [-0.4, -0.2) is 67.4 Å². The number of likely N-dealkylation sites (tertiary alicyclic amines) is 1. The van der Waals surface area contributed by atoms with Crippen LogP contribution >= 0.6 is 11.3 Å². The number of carbonyl (C=O) groups is 2. The molecule has 12 heteroatoms. The summed E-state index contributed by atoms with van der Waals surface area (Å²) in [6.07, 6.45) is 1.26. The van der Waals surface area contributed by atoms with E-state index in [4.69, 9.17) is 0 Å². The van der Waals surface area contributed by atoms with Crippen molar-refractivity contribution >= 4 is 33.8 Å². The van der Waals surface area contributed by atoms with Gasteiger partial charge in [-0.15, -0.1) is 11.3 Å². The van der Waals surface area contributed by atoms with E-state index in [-0.39, 0.29) is 23.2 Å². The third-order valence-corrected chi connectivity index (χ3v) is 6.04. The number of halogens is 2. The summed E-state index contributed by atoms with van der Waals surface area (Å²) in [7, 11) is 0. The summed E-state index contributed by atoms with van der Waals surface area (Å²) < 4.78 is 26.7. The quantitative estimate of drug-likeness (QED) is 0.585. The Kier molecular flexibility index (Phi) is 6.28. The largest absolute Gasteiger partial charge is 0.365 e. The molecular weight excluding hydrogens is 452 g/mol. The van der Waals surface area contributed by atoms with Gasteiger partial charge in [0, 0.05) is 42.3 Å². The zero-order valence-electron chi connectivity index (χ0n) is 18.5. The molecule has 1 aliphatic rings. The van der Waals surface area contributed by atoms with E-state index >= 15 is 0 Å². The van der Waals surface area contributed by atoms with Gasteiger partial charge in [-0.2, -0.15) is 13.9 Å². The third kappa shape index (κ3) is 5.27. The Balaban J connectivity index is 1.58. The average molecular weight is 478 g/mol. The van der Waals surface area contributed by atoms with Crippen LogP contribution in [0.1, 0.15) is 44.1 Å². The first-order valence-corrected chi connectivity index (χ1v) is 11.4. The fraction of sp³-hybridized carbons (Fsp3) is 0.476. The monoisotopic (exact) mass is 477 g/mol. The molecule has 9 nitrogen and oxygen atoms in total. The Hall–Kier alpha value is -3.15. The Morgan fingerprint density at radius 2 is 1.94 bits per heavy atom. The van der Waals surface area contributed by atoms with E-state index in [9.17, 15) is 18.4 Å². The number of thiazole rings is 1. The maximum atomic E-state index is 13.3. The number of nitrogens with one attached hydrogen (secondary N) is 2. The molecule has 2 N–H and O–H groups in total. The maximum absolute atomic E-state index is 13.3. The molecule has 0 atom stereocenters. The summed E-state index contributed by atoms with van der Waals surface area (Å²) >= 11 is 1.50. The van der Waals surface area contributed by atoms with Crippen molar-refractivity contribution in [1.82, 2.24) is 29.8 Å². The summed E-state index contributed by atoms with van der Waals surface area (Å²) in [5.41, 5.74) is 0.674. The lowest BCUT2D eigenvalue weighted by Gasteiger charge is -2.32. The van der Waals surface area contributed by atoms with E-state index in [0.717, 1.165) is 10.4 Å². The fourth-order valence-electron chi connectivity index (χ4n) is 3.66. The first kappa shape index (κ1) is 23.0. The summed E-state index contributed by atoms with van der Waals surface area (Å²) in [5, 5.41) is 11.8. The highest BCUT2D eigenvalue weighted by Gasteiger charge is 2.28. The van der Waals surface area contributed by atoms with E-state index in [2.05, 4.69) is 25.7 Å². The minimum absolute atomic E-state index is 0.234. The molecule has 33 heavy (non-hydrogen) atoms. The van der Waals surface area contributed by atoms with Gasteiger partial charge >= 0.3 is 6.43 Å². The van der Waals surface area contributed by atoms with Gasteiger partial charge in [-0.3, -0.25) is 9.59 Å². The van der Waals surface area contributed by atoms with Gasteiger partial charge in [0.2, 0.25) is 0 Å². The first-order valence-electron chi connectivity index (χ1n) is 10.6. The maximum Gasteiger partial charge on any atom is 0.315 e. The van der Waals surface area contributed by atoms with Gasteiger partial charge in [0.05, 0.1) is 11.8 Å². The normalized spacial score (nSPS) is 15.3. The van der Waals surface area contributed by atoms with Crippen LogP contribution < -0.4 is 10.6 Å². The molecule has 0 spiro atoms. The number of fused-ring (bicyclic) bond motifs is 1. The van der Waals surface area contributed by atoms with Crippen LogP contribution in [0.25, 0.3) is 16.2 Å². The highest BCUT2D eigenvalue weighted by atomic mass is 32.1. The molecule has 4 heterocycles. The zero-order valence-corrected chi connectivity index (χ0v) is 19.3. The van der Waals surface area contributed by atoms with Crippen molar-refractivity contribution in [3.63, 3.8) is 0 Å². The number of anilines is 1. The second-order valence-electron chi connectivity index (χ2n) is 8.92. The van der Waals surface area contributed by atoms with E-state index in [0.29, 0.717) is 37.6 Å². The lowest BCUT2D eigenvalue weighted by molar-refractivity contribution is -0.132. The number of carbonyl (C=O) groups excluding carboxylic acids is 2. The summed E-state index contributed by atoms with van der Waals surface area (Å²) in [6.45, 7) is 6.64. The van der Waals surface area contributed by atoms with Crippen LogP contribution in [0.5, 0.6) is 0 Å². The number of amides is 2. The SMILES string of the molecule is CC(C)(C)Nc1cc(C(=O)N2CCC(NC(=O)C(F)F)CC2)nc(-c2cnn3ccsc23)n1. The fourth-order valence-corrected chi connectivity index (χ4v) is 4.45. The molecular formula is C21H25F2N7O2S. The number of piperidine rings is 1. The van der Waals surface area contributed by atoms with Crippen molar-refractivity contribution < 1.29 is 18.4 Å². The third-order valence-electron chi connectivity index (χ3n) is 5.15. The van der Waals surface area contributed by atoms with Crippen LogP contribution in [0.3, 0.4) is 0 Å². The first-order chi connectivity index (χ1) is 15.6. The van der Waals surface area contributed by atoms with Crippen molar-refractivity contribution in [2.45, 2.75) is 51.6 Å². The standard InChI is InChI=1S/C21H25F2N7O2S/c1-21(2,3)28-15-10-14(26-17(27-15)13-11-24-30-8-9-33-20(13)30)19(32)29-6-4-12(5-7-29)25-18(31)16(22)23/h8-12,16H,4-7H2,1-3H3,(H,25,31)(H,26,27,28). The van der Waals surface area contributed by atoms with Crippen molar-refractivity contribution in [3.05, 3.63) is 29.5 Å². The zero-order chi connectivity index (χ0) is 23.8. The number of hydrogen-bond acceptors (Lipinski definition) is 7. The van der Waals surface area contributed by atoms with Crippen molar-refractivity contribution in [2.75, 3.05) is 18.4 Å². The van der Waals surface area contributed by atoms with Crippen molar-refractivity contribution in [2.24, 2.45) is 0 Å². The minimum atomic E-state index is -3.04. The smallest absolute Gasteiger partial charge is 0.315 e. The molecule has 1 fully saturated rings. The van der Waals surface area contributed by atoms with Crippen LogP contribution in [0.15, 0.2) is 23.8 Å². The van der Waals surface area contributed by atoms with Crippen LogP contribution in [0.2, 0.25) is 0 Å². The van der Waals surface area contributed by atoms with Gasteiger partial charge in [0.1, 0.15) is 16.3 Å². The molecule has 3 aromatic heterocycles. The number of alkyl halides is 2. The predicted octanol–water partition coefficient (Wildman–Crippen LogP) is 3.05. The van der Waals surface area contributed by atoms with Crippen LogP contribution in [0.4, 0.5) is 14.6 Å². The average Bonchev–Trinajstić information content (AvgIpc) is 3.36. The number of nitrogens with zero attached hydrogens (tertiary/aromatic N) is 5. The summed E-state index contributed by atoms with van der Waals surface area (Å²) in [4.78, 5) is 36.2. The summed E-state index contributed by atoms with van der Waals surface area (Å²) in [5.74, 6) is -0.641. The molecule has 4 rings (SSSR count). The molecule has 2 amide bonds. The Morgan fingerprint density at radius 3 is 2.61 bits per heavy atom. The lowest BCUT2D eigenvalue weighted by atomic mass is 10.0. The molecule has 1 aliphatic heterocycles. The van der Waals surface area contributed by atoms with Gasteiger partial charge in [-0.25, -0.2) is 14.5 Å². The van der Waals surface area contributed by atoms with E-state index in [1.165, 1.54) is 11.3 Å². The lowest BCUT2D eigenvalue weighted by Crippen LogP contribution is -2.48. The van der Waals surface area contributed by atoms with Crippen LogP contribution in [-0.2, 0) is 4.79 Å². The van der Waals surface area contributed by atoms with E-state index in [1.807, 2.05) is 32.3 Å². The van der Waals surface area contributed by atoms with Crippen LogP contribution in [0, 0.1) is 0 Å². The molecule has 1 saturated heterocycles. The Labute approximate surface area is 193 Å². The molecule has 176 valence electrons. The predicted molar refractivity (Wildman–Crippen MR) is 121 cm³/mol. The second-order valence-corrected chi connectivity index (χ2v) is 9.82. The van der Waals surface area contributed by atoms with Gasteiger partial charge in [0.25, 0.3) is 11.8 Å². The van der Waals surface area contributed by atoms with Gasteiger partial charge < -0.3 is 15.5 Å². The number of aromatic nitrogens is 4. The molecule has 0 aliphatic carbocycles.